The second-order valence-corrected chi connectivity index (χ2v) is 4.32. The van der Waals surface area contributed by atoms with Crippen molar-refractivity contribution in [2.75, 3.05) is 7.11 Å². The molecule has 0 saturated carbocycles. The molecule has 0 unspecified atom stereocenters. The Hall–Kier alpha value is -1.77. The number of rotatable bonds is 3. The van der Waals surface area contributed by atoms with E-state index in [1.165, 1.54) is 16.8 Å². The minimum atomic E-state index is 0.705. The molecule has 0 N–H and O–H groups in total. The summed E-state index contributed by atoms with van der Waals surface area (Å²) in [4.78, 5) is 4.22. The van der Waals surface area contributed by atoms with E-state index in [1.54, 1.807) is 13.3 Å². The maximum absolute atomic E-state index is 5.27. The van der Waals surface area contributed by atoms with Crippen LogP contribution in [0.3, 0.4) is 0 Å². The molecule has 0 amide bonds. The molecule has 3 nitrogen and oxygen atoms in total. The van der Waals surface area contributed by atoms with Gasteiger partial charge in [0.1, 0.15) is 0 Å². The molecule has 0 spiro atoms. The van der Waals surface area contributed by atoms with E-state index in [2.05, 4.69) is 42.6 Å². The van der Waals surface area contributed by atoms with Crippen LogP contribution in [0.5, 0.6) is 5.88 Å². The fourth-order valence-electron chi connectivity index (χ4n) is 2.00. The third-order valence-corrected chi connectivity index (χ3v) is 3.30. The van der Waals surface area contributed by atoms with Crippen molar-refractivity contribution in [3.05, 3.63) is 46.9 Å². The summed E-state index contributed by atoms with van der Waals surface area (Å²) in [5.74, 6) is 0.705. The fourth-order valence-corrected chi connectivity index (χ4v) is 2.00. The lowest BCUT2D eigenvalue weighted by Gasteiger charge is -2.09. The summed E-state index contributed by atoms with van der Waals surface area (Å²) < 4.78 is 7.51. The summed E-state index contributed by atoms with van der Waals surface area (Å²) in [6.45, 7) is 7.24. The first-order chi connectivity index (χ1) is 8.13. The van der Waals surface area contributed by atoms with Gasteiger partial charge in [-0.25, -0.2) is 4.98 Å². The van der Waals surface area contributed by atoms with E-state index in [0.29, 0.717) is 5.88 Å². The van der Waals surface area contributed by atoms with E-state index >= 15 is 0 Å². The van der Waals surface area contributed by atoms with E-state index in [0.717, 1.165) is 12.1 Å². The molecule has 2 aromatic rings. The van der Waals surface area contributed by atoms with Crippen molar-refractivity contribution >= 4 is 0 Å². The third-order valence-electron chi connectivity index (χ3n) is 3.30. The van der Waals surface area contributed by atoms with Crippen LogP contribution >= 0.6 is 0 Å². The van der Waals surface area contributed by atoms with Crippen LogP contribution < -0.4 is 4.74 Å². The van der Waals surface area contributed by atoms with Crippen LogP contribution in [-0.4, -0.2) is 16.7 Å². The van der Waals surface area contributed by atoms with Gasteiger partial charge in [-0.15, -0.1) is 0 Å². The number of ether oxygens (including phenoxy) is 1. The van der Waals surface area contributed by atoms with E-state index < -0.39 is 0 Å². The Kier molecular flexibility index (Phi) is 3.18. The third kappa shape index (κ3) is 2.18. The summed E-state index contributed by atoms with van der Waals surface area (Å²) in [5.41, 5.74) is 5.08. The van der Waals surface area contributed by atoms with Crippen molar-refractivity contribution in [2.45, 2.75) is 27.3 Å². The van der Waals surface area contributed by atoms with E-state index in [1.807, 2.05) is 6.07 Å². The first-order valence-corrected chi connectivity index (χ1v) is 5.74. The maximum atomic E-state index is 5.27. The molecule has 0 aromatic carbocycles. The van der Waals surface area contributed by atoms with Crippen molar-refractivity contribution in [3.8, 4) is 5.88 Å². The Balaban J connectivity index is 2.34. The molecule has 0 aliphatic heterocycles. The molecular weight excluding hydrogens is 212 g/mol. The van der Waals surface area contributed by atoms with Crippen LogP contribution in [0.2, 0.25) is 0 Å². The highest BCUT2D eigenvalue weighted by Crippen LogP contribution is 2.20. The Morgan fingerprint density at radius 3 is 2.65 bits per heavy atom. The number of aryl methyl sites for hydroxylation is 1. The zero-order valence-corrected chi connectivity index (χ0v) is 10.8. The number of pyridine rings is 1. The molecule has 0 radical (unpaired) electrons. The van der Waals surface area contributed by atoms with Gasteiger partial charge in [0.15, 0.2) is 0 Å². The van der Waals surface area contributed by atoms with Gasteiger partial charge in [0.2, 0.25) is 5.88 Å². The summed E-state index contributed by atoms with van der Waals surface area (Å²) in [6, 6.07) is 3.99. The highest BCUT2D eigenvalue weighted by atomic mass is 16.5. The molecule has 90 valence electrons. The normalized spacial score (nSPS) is 10.6. The molecular formula is C14H18N2O. The molecule has 17 heavy (non-hydrogen) atoms. The minimum absolute atomic E-state index is 0.705. The van der Waals surface area contributed by atoms with E-state index in [9.17, 15) is 0 Å². The van der Waals surface area contributed by atoms with E-state index in [-0.39, 0.29) is 0 Å². The van der Waals surface area contributed by atoms with Gasteiger partial charge in [0, 0.05) is 23.7 Å². The van der Waals surface area contributed by atoms with Crippen LogP contribution in [0.4, 0.5) is 0 Å². The second-order valence-electron chi connectivity index (χ2n) is 4.32. The summed E-state index contributed by atoms with van der Waals surface area (Å²) >= 11 is 0. The van der Waals surface area contributed by atoms with Gasteiger partial charge < -0.3 is 9.30 Å². The molecule has 2 heterocycles. The standard InChI is InChI=1S/C14H18N2O/c1-10-8-16(12(3)11(10)2)9-13-6-5-7-15-14(13)17-4/h5-8H,9H2,1-4H3. The molecule has 0 aliphatic carbocycles. The van der Waals surface area contributed by atoms with Crippen molar-refractivity contribution in [2.24, 2.45) is 0 Å². The van der Waals surface area contributed by atoms with Gasteiger partial charge in [-0.05, 0) is 38.0 Å². The van der Waals surface area contributed by atoms with E-state index in [4.69, 9.17) is 4.74 Å². The largest absolute Gasteiger partial charge is 0.481 e. The number of hydrogen-bond donors (Lipinski definition) is 0. The lowest BCUT2D eigenvalue weighted by Crippen LogP contribution is -2.03. The topological polar surface area (TPSA) is 27.1 Å². The van der Waals surface area contributed by atoms with Gasteiger partial charge in [0.25, 0.3) is 0 Å². The van der Waals surface area contributed by atoms with Gasteiger partial charge in [-0.1, -0.05) is 6.07 Å². The predicted molar refractivity (Wildman–Crippen MR) is 68.5 cm³/mol. The lowest BCUT2D eigenvalue weighted by molar-refractivity contribution is 0.391. The fraction of sp³-hybridized carbons (Fsp3) is 0.357. The Morgan fingerprint density at radius 2 is 2.06 bits per heavy atom. The lowest BCUT2D eigenvalue weighted by atomic mass is 10.2. The Labute approximate surface area is 102 Å². The van der Waals surface area contributed by atoms with Gasteiger partial charge >= 0.3 is 0 Å². The van der Waals surface area contributed by atoms with Crippen molar-refractivity contribution in [1.29, 1.82) is 0 Å². The SMILES string of the molecule is COc1ncccc1Cn1cc(C)c(C)c1C. The molecule has 0 bridgehead atoms. The average molecular weight is 230 g/mol. The Morgan fingerprint density at radius 1 is 1.29 bits per heavy atom. The van der Waals surface area contributed by atoms with Crippen molar-refractivity contribution < 1.29 is 4.74 Å². The molecule has 0 saturated heterocycles. The quantitative estimate of drug-likeness (QED) is 0.810. The predicted octanol–water partition coefficient (Wildman–Crippen LogP) is 2.87. The van der Waals surface area contributed by atoms with Crippen LogP contribution in [0, 0.1) is 20.8 Å². The summed E-state index contributed by atoms with van der Waals surface area (Å²) in [7, 11) is 1.66. The zero-order chi connectivity index (χ0) is 12.4. The van der Waals surface area contributed by atoms with Crippen LogP contribution in [-0.2, 0) is 6.54 Å². The van der Waals surface area contributed by atoms with Crippen molar-refractivity contribution in [3.63, 3.8) is 0 Å². The first kappa shape index (κ1) is 11.7. The number of methoxy groups -OCH3 is 1. The second kappa shape index (κ2) is 4.62. The first-order valence-electron chi connectivity index (χ1n) is 5.74. The van der Waals surface area contributed by atoms with Gasteiger partial charge in [-0.2, -0.15) is 0 Å². The zero-order valence-electron chi connectivity index (χ0n) is 10.8. The average Bonchev–Trinajstić information content (AvgIpc) is 2.58. The number of aromatic nitrogens is 2. The highest BCUT2D eigenvalue weighted by Gasteiger charge is 2.08. The summed E-state index contributed by atoms with van der Waals surface area (Å²) in [5, 5.41) is 0. The highest BCUT2D eigenvalue weighted by molar-refractivity contribution is 5.32. The van der Waals surface area contributed by atoms with Crippen LogP contribution in [0.25, 0.3) is 0 Å². The maximum Gasteiger partial charge on any atom is 0.218 e. The molecule has 2 rings (SSSR count). The summed E-state index contributed by atoms with van der Waals surface area (Å²) in [6.07, 6.45) is 3.93. The Bertz CT molecular complexity index is 529. The molecule has 0 atom stereocenters. The van der Waals surface area contributed by atoms with Gasteiger partial charge in [-0.3, -0.25) is 0 Å². The number of nitrogens with zero attached hydrogens (tertiary/aromatic N) is 2. The minimum Gasteiger partial charge on any atom is -0.481 e. The smallest absolute Gasteiger partial charge is 0.218 e. The van der Waals surface area contributed by atoms with Gasteiger partial charge in [0.05, 0.1) is 13.7 Å². The monoisotopic (exact) mass is 230 g/mol. The molecule has 0 fully saturated rings. The van der Waals surface area contributed by atoms with Crippen LogP contribution in [0.1, 0.15) is 22.4 Å². The molecule has 2 aromatic heterocycles. The molecule has 0 aliphatic rings. The van der Waals surface area contributed by atoms with Crippen molar-refractivity contribution in [1.82, 2.24) is 9.55 Å². The van der Waals surface area contributed by atoms with Crippen LogP contribution in [0.15, 0.2) is 24.5 Å². The number of hydrogen-bond acceptors (Lipinski definition) is 2. The molecule has 3 heteroatoms.